The summed E-state index contributed by atoms with van der Waals surface area (Å²) in [5.41, 5.74) is 0.233. The molecule has 0 saturated carbocycles. The highest BCUT2D eigenvalue weighted by molar-refractivity contribution is 5.72. The Morgan fingerprint density at radius 2 is 1.51 bits per heavy atom. The monoisotopic (exact) mass is 554 g/mol. The lowest BCUT2D eigenvalue weighted by Gasteiger charge is -2.20. The maximum atomic E-state index is 13.4. The molecular weight excluding hydrogens is 526 g/mol. The van der Waals surface area contributed by atoms with E-state index in [1.54, 1.807) is 13.0 Å². The molecule has 4 nitrogen and oxygen atoms in total. The zero-order valence-corrected chi connectivity index (χ0v) is 21.3. The van der Waals surface area contributed by atoms with Crippen molar-refractivity contribution < 1.29 is 45.7 Å². The predicted molar refractivity (Wildman–Crippen MR) is 134 cm³/mol. The fraction of sp³-hybridized carbons (Fsp3) is 0.345. The van der Waals surface area contributed by atoms with Crippen molar-refractivity contribution in [3.8, 4) is 22.6 Å². The first-order valence-electron chi connectivity index (χ1n) is 12.3. The number of carboxylic acid groups (broad SMARTS) is 1. The number of hydrogen-bond acceptors (Lipinski definition) is 3. The third kappa shape index (κ3) is 8.40. The van der Waals surface area contributed by atoms with Crippen LogP contribution in [0.3, 0.4) is 0 Å². The second-order valence-electron chi connectivity index (χ2n) is 9.03. The van der Waals surface area contributed by atoms with Gasteiger partial charge in [-0.1, -0.05) is 25.1 Å². The second kappa shape index (κ2) is 12.4. The fourth-order valence-electron chi connectivity index (χ4n) is 4.00. The Bertz CT molecular complexity index is 1270. The molecule has 1 atom stereocenters. The molecule has 3 aromatic carbocycles. The van der Waals surface area contributed by atoms with Crippen molar-refractivity contribution in [2.24, 2.45) is 0 Å². The first-order chi connectivity index (χ1) is 18.3. The minimum atomic E-state index is -4.64. The molecule has 1 unspecified atom stereocenters. The average Bonchev–Trinajstić information content (AvgIpc) is 2.86. The zero-order valence-electron chi connectivity index (χ0n) is 21.3. The molecule has 0 aliphatic carbocycles. The van der Waals surface area contributed by atoms with Gasteiger partial charge in [0, 0.05) is 18.4 Å². The lowest BCUT2D eigenvalue weighted by atomic mass is 10.00. The molecule has 3 aromatic rings. The number of rotatable bonds is 11. The van der Waals surface area contributed by atoms with Gasteiger partial charge in [0.15, 0.2) is 0 Å². The van der Waals surface area contributed by atoms with Crippen LogP contribution in [0, 0.1) is 0 Å². The van der Waals surface area contributed by atoms with Crippen molar-refractivity contribution in [3.63, 3.8) is 0 Å². The molecule has 0 fully saturated rings. The SMILES string of the molecule is CCc1cc(OCCC(C)Oc2ccc(C(F)(F)F)cc2-c2ccc(C(F)(F)F)cc2)ccc1CCC(=O)O. The summed E-state index contributed by atoms with van der Waals surface area (Å²) in [6, 6.07) is 12.2. The molecule has 0 amide bonds. The van der Waals surface area contributed by atoms with E-state index in [4.69, 9.17) is 14.6 Å². The number of carbonyl (C=O) groups is 1. The maximum Gasteiger partial charge on any atom is 0.416 e. The van der Waals surface area contributed by atoms with E-state index in [9.17, 15) is 31.1 Å². The molecule has 10 heteroatoms. The molecule has 0 spiro atoms. The molecule has 0 radical (unpaired) electrons. The molecule has 210 valence electrons. The lowest BCUT2D eigenvalue weighted by molar-refractivity contribution is -0.138. The lowest BCUT2D eigenvalue weighted by Crippen LogP contribution is -2.17. The summed E-state index contributed by atoms with van der Waals surface area (Å²) in [7, 11) is 0. The Labute approximate surface area is 222 Å². The van der Waals surface area contributed by atoms with Crippen LogP contribution in [0.4, 0.5) is 26.3 Å². The number of ether oxygens (including phenoxy) is 2. The topological polar surface area (TPSA) is 55.8 Å². The molecular formula is C29H28F6O4. The number of halogens is 6. The smallest absolute Gasteiger partial charge is 0.416 e. The molecule has 0 aromatic heterocycles. The van der Waals surface area contributed by atoms with Gasteiger partial charge in [0.05, 0.1) is 23.8 Å². The van der Waals surface area contributed by atoms with E-state index in [0.717, 1.165) is 53.6 Å². The largest absolute Gasteiger partial charge is 0.493 e. The Hall–Kier alpha value is -3.69. The average molecular weight is 555 g/mol. The van der Waals surface area contributed by atoms with Gasteiger partial charge in [-0.3, -0.25) is 4.79 Å². The van der Waals surface area contributed by atoms with Crippen molar-refractivity contribution in [1.82, 2.24) is 0 Å². The first kappa shape index (κ1) is 29.9. The van der Waals surface area contributed by atoms with Crippen LogP contribution in [0.2, 0.25) is 0 Å². The number of aliphatic carboxylic acids is 1. The van der Waals surface area contributed by atoms with Gasteiger partial charge in [-0.25, -0.2) is 0 Å². The minimum Gasteiger partial charge on any atom is -0.493 e. The predicted octanol–water partition coefficient (Wildman–Crippen LogP) is 8.21. The number of aryl methyl sites for hydroxylation is 2. The second-order valence-corrected chi connectivity index (χ2v) is 9.03. The number of hydrogen-bond donors (Lipinski definition) is 1. The Kier molecular flexibility index (Phi) is 9.53. The highest BCUT2D eigenvalue weighted by Gasteiger charge is 2.32. The third-order valence-electron chi connectivity index (χ3n) is 6.12. The van der Waals surface area contributed by atoms with E-state index in [0.29, 0.717) is 25.0 Å². The summed E-state index contributed by atoms with van der Waals surface area (Å²) < 4.78 is 90.6. The molecule has 1 N–H and O–H groups in total. The zero-order chi connectivity index (χ0) is 28.8. The van der Waals surface area contributed by atoms with Crippen LogP contribution < -0.4 is 9.47 Å². The summed E-state index contributed by atoms with van der Waals surface area (Å²) >= 11 is 0. The number of alkyl halides is 6. The van der Waals surface area contributed by atoms with Gasteiger partial charge in [0.1, 0.15) is 11.5 Å². The van der Waals surface area contributed by atoms with Crippen LogP contribution in [0.5, 0.6) is 11.5 Å². The molecule has 0 heterocycles. The van der Waals surface area contributed by atoms with E-state index in [1.807, 2.05) is 19.1 Å². The summed E-state index contributed by atoms with van der Waals surface area (Å²) in [4.78, 5) is 10.9. The third-order valence-corrected chi connectivity index (χ3v) is 6.12. The molecule has 0 saturated heterocycles. The maximum absolute atomic E-state index is 13.4. The van der Waals surface area contributed by atoms with E-state index in [-0.39, 0.29) is 29.9 Å². The summed E-state index contributed by atoms with van der Waals surface area (Å²) in [6.07, 6.45) is -8.19. The summed E-state index contributed by atoms with van der Waals surface area (Å²) in [5, 5.41) is 8.91. The minimum absolute atomic E-state index is 0.0239. The van der Waals surface area contributed by atoms with Gasteiger partial charge in [-0.15, -0.1) is 0 Å². The molecule has 0 aliphatic rings. The molecule has 3 rings (SSSR count). The summed E-state index contributed by atoms with van der Waals surface area (Å²) in [6.45, 7) is 3.90. The van der Waals surface area contributed by atoms with Gasteiger partial charge in [0.25, 0.3) is 0 Å². The van der Waals surface area contributed by atoms with E-state index < -0.39 is 35.6 Å². The number of carboxylic acids is 1. The van der Waals surface area contributed by atoms with Crippen molar-refractivity contribution in [2.45, 2.75) is 58.0 Å². The van der Waals surface area contributed by atoms with Crippen LogP contribution in [0.25, 0.3) is 11.1 Å². The van der Waals surface area contributed by atoms with Crippen LogP contribution in [0.15, 0.2) is 60.7 Å². The fourth-order valence-corrected chi connectivity index (χ4v) is 4.00. The quantitative estimate of drug-likeness (QED) is 0.243. The molecule has 0 bridgehead atoms. The van der Waals surface area contributed by atoms with E-state index >= 15 is 0 Å². The molecule has 0 aliphatic heterocycles. The standard InChI is InChI=1S/C29H28F6O4/c1-3-19-16-24(11-6-20(19)7-13-27(36)37)38-15-14-18(2)39-26-12-10-23(29(33,34)35)17-25(26)21-4-8-22(9-5-21)28(30,31)32/h4-6,8-12,16-18H,3,7,13-15H2,1-2H3,(H,36,37). The van der Waals surface area contributed by atoms with Crippen molar-refractivity contribution in [2.75, 3.05) is 6.61 Å². The molecule has 39 heavy (non-hydrogen) atoms. The van der Waals surface area contributed by atoms with E-state index in [2.05, 4.69) is 0 Å². The highest BCUT2D eigenvalue weighted by atomic mass is 19.4. The van der Waals surface area contributed by atoms with Crippen molar-refractivity contribution in [3.05, 3.63) is 82.9 Å². The van der Waals surface area contributed by atoms with Crippen LogP contribution in [-0.4, -0.2) is 23.8 Å². The van der Waals surface area contributed by atoms with Gasteiger partial charge in [-0.05, 0) is 78.9 Å². The Balaban J connectivity index is 1.71. The van der Waals surface area contributed by atoms with Crippen molar-refractivity contribution in [1.29, 1.82) is 0 Å². The van der Waals surface area contributed by atoms with Gasteiger partial charge >= 0.3 is 18.3 Å². The van der Waals surface area contributed by atoms with Crippen LogP contribution >= 0.6 is 0 Å². The highest BCUT2D eigenvalue weighted by Crippen LogP contribution is 2.39. The summed E-state index contributed by atoms with van der Waals surface area (Å²) in [5.74, 6) is -0.176. The Morgan fingerprint density at radius 3 is 2.10 bits per heavy atom. The Morgan fingerprint density at radius 1 is 0.872 bits per heavy atom. The van der Waals surface area contributed by atoms with Gasteiger partial charge < -0.3 is 14.6 Å². The number of benzene rings is 3. The first-order valence-corrected chi connectivity index (χ1v) is 12.3. The van der Waals surface area contributed by atoms with Crippen molar-refractivity contribution >= 4 is 5.97 Å². The van der Waals surface area contributed by atoms with Crippen LogP contribution in [0.1, 0.15) is 48.9 Å². The normalized spacial score (nSPS) is 12.7. The van der Waals surface area contributed by atoms with Crippen LogP contribution in [-0.2, 0) is 30.0 Å². The van der Waals surface area contributed by atoms with E-state index in [1.165, 1.54) is 0 Å². The van der Waals surface area contributed by atoms with Gasteiger partial charge in [0.2, 0.25) is 0 Å². The van der Waals surface area contributed by atoms with Gasteiger partial charge in [-0.2, -0.15) is 26.3 Å².